The lowest BCUT2D eigenvalue weighted by atomic mass is 10.1. The predicted molar refractivity (Wildman–Crippen MR) is 90.9 cm³/mol. The standard InChI is InChI=1S/C18H18N2O4/c1-12(21)20-8-9-24-17-7-6-14(11-16(17)20)19-18(22)13-4-3-5-15(10-13)23-2/h3-7,10-11H,8-9H2,1-2H3,(H,19,22). The summed E-state index contributed by atoms with van der Waals surface area (Å²) in [5.74, 6) is 0.941. The van der Waals surface area contributed by atoms with E-state index in [9.17, 15) is 9.59 Å². The first-order valence-electron chi connectivity index (χ1n) is 7.59. The number of ether oxygens (including phenoxy) is 2. The van der Waals surface area contributed by atoms with Crippen molar-refractivity contribution in [2.24, 2.45) is 0 Å². The van der Waals surface area contributed by atoms with Crippen LogP contribution in [0.4, 0.5) is 11.4 Å². The summed E-state index contributed by atoms with van der Waals surface area (Å²) in [7, 11) is 1.55. The van der Waals surface area contributed by atoms with E-state index in [1.807, 2.05) is 0 Å². The molecule has 0 spiro atoms. The second-order valence-electron chi connectivity index (χ2n) is 5.39. The first-order valence-corrected chi connectivity index (χ1v) is 7.59. The molecule has 1 heterocycles. The average Bonchev–Trinajstić information content (AvgIpc) is 2.61. The van der Waals surface area contributed by atoms with Gasteiger partial charge in [0.1, 0.15) is 18.1 Å². The third kappa shape index (κ3) is 3.17. The lowest BCUT2D eigenvalue weighted by Crippen LogP contribution is -2.36. The van der Waals surface area contributed by atoms with Crippen LogP contribution in [0.15, 0.2) is 42.5 Å². The van der Waals surface area contributed by atoms with Crippen molar-refractivity contribution in [3.63, 3.8) is 0 Å². The van der Waals surface area contributed by atoms with Gasteiger partial charge in [-0.2, -0.15) is 0 Å². The Balaban J connectivity index is 1.84. The number of hydrogen-bond donors (Lipinski definition) is 1. The average molecular weight is 326 g/mol. The molecule has 0 bridgehead atoms. The Morgan fingerprint density at radius 1 is 1.21 bits per heavy atom. The SMILES string of the molecule is COc1cccc(C(=O)Nc2ccc3c(c2)N(C(C)=O)CCO3)c1. The Kier molecular flexibility index (Phi) is 4.37. The van der Waals surface area contributed by atoms with Crippen LogP contribution in [0.25, 0.3) is 0 Å². The van der Waals surface area contributed by atoms with Crippen LogP contribution in [-0.2, 0) is 4.79 Å². The van der Waals surface area contributed by atoms with Crippen molar-refractivity contribution in [2.75, 3.05) is 30.5 Å². The van der Waals surface area contributed by atoms with Crippen LogP contribution in [0.5, 0.6) is 11.5 Å². The topological polar surface area (TPSA) is 67.9 Å². The zero-order valence-electron chi connectivity index (χ0n) is 13.5. The minimum atomic E-state index is -0.250. The van der Waals surface area contributed by atoms with Gasteiger partial charge in [-0.25, -0.2) is 0 Å². The fourth-order valence-corrected chi connectivity index (χ4v) is 2.59. The van der Waals surface area contributed by atoms with E-state index < -0.39 is 0 Å². The van der Waals surface area contributed by atoms with E-state index in [-0.39, 0.29) is 11.8 Å². The highest BCUT2D eigenvalue weighted by Gasteiger charge is 2.21. The van der Waals surface area contributed by atoms with E-state index in [0.717, 1.165) is 0 Å². The number of nitrogens with zero attached hydrogens (tertiary/aromatic N) is 1. The molecule has 0 unspecified atom stereocenters. The highest BCUT2D eigenvalue weighted by molar-refractivity contribution is 6.05. The van der Waals surface area contributed by atoms with Gasteiger partial charge in [-0.05, 0) is 36.4 Å². The number of carbonyl (C=O) groups excluding carboxylic acids is 2. The Morgan fingerprint density at radius 2 is 2.04 bits per heavy atom. The van der Waals surface area contributed by atoms with Gasteiger partial charge in [0.05, 0.1) is 19.3 Å². The van der Waals surface area contributed by atoms with Gasteiger partial charge in [-0.15, -0.1) is 0 Å². The van der Waals surface area contributed by atoms with E-state index in [0.29, 0.717) is 41.6 Å². The third-order valence-electron chi connectivity index (χ3n) is 3.79. The molecule has 0 saturated carbocycles. The number of carbonyl (C=O) groups is 2. The van der Waals surface area contributed by atoms with Crippen LogP contribution in [0.1, 0.15) is 17.3 Å². The number of amides is 2. The molecule has 0 aliphatic carbocycles. The highest BCUT2D eigenvalue weighted by Crippen LogP contribution is 2.34. The maximum Gasteiger partial charge on any atom is 0.255 e. The lowest BCUT2D eigenvalue weighted by molar-refractivity contribution is -0.116. The monoisotopic (exact) mass is 326 g/mol. The third-order valence-corrected chi connectivity index (χ3v) is 3.79. The summed E-state index contributed by atoms with van der Waals surface area (Å²) in [6.45, 7) is 2.47. The molecule has 0 atom stereocenters. The van der Waals surface area contributed by atoms with E-state index in [1.54, 1.807) is 54.5 Å². The Morgan fingerprint density at radius 3 is 2.79 bits per heavy atom. The fraction of sp³-hybridized carbons (Fsp3) is 0.222. The van der Waals surface area contributed by atoms with Crippen LogP contribution >= 0.6 is 0 Å². The van der Waals surface area contributed by atoms with Gasteiger partial charge in [-0.1, -0.05) is 6.07 Å². The van der Waals surface area contributed by atoms with Gasteiger partial charge >= 0.3 is 0 Å². The molecule has 2 amide bonds. The summed E-state index contributed by atoms with van der Waals surface area (Å²) < 4.78 is 10.7. The molecule has 24 heavy (non-hydrogen) atoms. The quantitative estimate of drug-likeness (QED) is 0.941. The Labute approximate surface area is 140 Å². The summed E-state index contributed by atoms with van der Waals surface area (Å²) in [5.41, 5.74) is 1.75. The molecule has 1 aliphatic heterocycles. The van der Waals surface area contributed by atoms with E-state index in [2.05, 4.69) is 5.32 Å². The largest absolute Gasteiger partial charge is 0.497 e. The summed E-state index contributed by atoms with van der Waals surface area (Å²) >= 11 is 0. The minimum absolute atomic E-state index is 0.0594. The first kappa shape index (κ1) is 15.9. The summed E-state index contributed by atoms with van der Waals surface area (Å²) in [6.07, 6.45) is 0. The first-order chi connectivity index (χ1) is 11.6. The number of fused-ring (bicyclic) bond motifs is 1. The number of methoxy groups -OCH3 is 1. The Hall–Kier alpha value is -3.02. The van der Waals surface area contributed by atoms with Crippen molar-refractivity contribution in [2.45, 2.75) is 6.92 Å². The molecule has 0 aromatic heterocycles. The van der Waals surface area contributed by atoms with Crippen LogP contribution in [-0.4, -0.2) is 32.1 Å². The molecule has 6 heteroatoms. The molecule has 1 N–H and O–H groups in total. The highest BCUT2D eigenvalue weighted by atomic mass is 16.5. The summed E-state index contributed by atoms with van der Waals surface area (Å²) in [6, 6.07) is 12.2. The van der Waals surface area contributed by atoms with Crippen molar-refractivity contribution >= 4 is 23.2 Å². The molecule has 2 aromatic rings. The second kappa shape index (κ2) is 6.62. The summed E-state index contributed by atoms with van der Waals surface area (Å²) in [5, 5.41) is 2.83. The maximum absolute atomic E-state index is 12.4. The van der Waals surface area contributed by atoms with Gasteiger partial charge in [0.2, 0.25) is 5.91 Å². The number of benzene rings is 2. The molecular weight excluding hydrogens is 308 g/mol. The molecule has 3 rings (SSSR count). The minimum Gasteiger partial charge on any atom is -0.497 e. The van der Waals surface area contributed by atoms with Gasteiger partial charge in [0, 0.05) is 18.2 Å². The van der Waals surface area contributed by atoms with E-state index in [1.165, 1.54) is 6.92 Å². The van der Waals surface area contributed by atoms with Crippen LogP contribution in [0, 0.1) is 0 Å². The van der Waals surface area contributed by atoms with Gasteiger partial charge in [-0.3, -0.25) is 9.59 Å². The number of anilines is 2. The number of hydrogen-bond acceptors (Lipinski definition) is 4. The van der Waals surface area contributed by atoms with E-state index >= 15 is 0 Å². The molecule has 0 radical (unpaired) electrons. The van der Waals surface area contributed by atoms with Gasteiger partial charge in [0.15, 0.2) is 0 Å². The van der Waals surface area contributed by atoms with Crippen LogP contribution in [0.3, 0.4) is 0 Å². The smallest absolute Gasteiger partial charge is 0.255 e. The molecule has 0 saturated heterocycles. The second-order valence-corrected chi connectivity index (χ2v) is 5.39. The van der Waals surface area contributed by atoms with Crippen molar-refractivity contribution < 1.29 is 19.1 Å². The molecule has 2 aromatic carbocycles. The normalized spacial score (nSPS) is 12.8. The van der Waals surface area contributed by atoms with Crippen molar-refractivity contribution in [3.05, 3.63) is 48.0 Å². The van der Waals surface area contributed by atoms with Crippen molar-refractivity contribution in [1.29, 1.82) is 0 Å². The van der Waals surface area contributed by atoms with Crippen LogP contribution < -0.4 is 19.7 Å². The molecule has 6 nitrogen and oxygen atoms in total. The van der Waals surface area contributed by atoms with Crippen molar-refractivity contribution in [3.8, 4) is 11.5 Å². The van der Waals surface area contributed by atoms with Gasteiger partial charge in [0.25, 0.3) is 5.91 Å². The number of nitrogens with one attached hydrogen (secondary N) is 1. The van der Waals surface area contributed by atoms with Crippen LogP contribution in [0.2, 0.25) is 0 Å². The predicted octanol–water partition coefficient (Wildman–Crippen LogP) is 2.69. The van der Waals surface area contributed by atoms with Gasteiger partial charge < -0.3 is 19.7 Å². The molecular formula is C18H18N2O4. The fourth-order valence-electron chi connectivity index (χ4n) is 2.59. The molecule has 124 valence electrons. The van der Waals surface area contributed by atoms with Crippen molar-refractivity contribution in [1.82, 2.24) is 0 Å². The number of rotatable bonds is 3. The Bertz CT molecular complexity index is 788. The molecule has 0 fully saturated rings. The zero-order valence-corrected chi connectivity index (χ0v) is 13.5. The molecule has 1 aliphatic rings. The maximum atomic E-state index is 12.4. The zero-order chi connectivity index (χ0) is 17.1. The van der Waals surface area contributed by atoms with E-state index in [4.69, 9.17) is 9.47 Å². The lowest BCUT2D eigenvalue weighted by Gasteiger charge is -2.29. The summed E-state index contributed by atoms with van der Waals surface area (Å²) in [4.78, 5) is 25.8.